The number of benzene rings is 2. The molecule has 1 fully saturated rings. The van der Waals surface area contributed by atoms with Gasteiger partial charge in [-0.2, -0.15) is 4.98 Å². The van der Waals surface area contributed by atoms with E-state index in [0.29, 0.717) is 6.54 Å². The first-order valence-corrected chi connectivity index (χ1v) is 9.89. The number of anilines is 1. The second-order valence-corrected chi connectivity index (χ2v) is 7.18. The predicted octanol–water partition coefficient (Wildman–Crippen LogP) is 3.70. The Morgan fingerprint density at radius 2 is 1.88 bits per heavy atom. The first-order valence-electron chi connectivity index (χ1n) is 9.89. The summed E-state index contributed by atoms with van der Waals surface area (Å²) >= 11 is 0. The van der Waals surface area contributed by atoms with Gasteiger partial charge < -0.3 is 20.1 Å². The van der Waals surface area contributed by atoms with Gasteiger partial charge in [0.1, 0.15) is 47.1 Å². The molecule has 7 nitrogen and oxygen atoms in total. The maximum atomic E-state index is 15.2. The van der Waals surface area contributed by atoms with E-state index in [0.717, 1.165) is 37.2 Å². The zero-order valence-corrected chi connectivity index (χ0v) is 17.3. The van der Waals surface area contributed by atoms with E-state index in [-0.39, 0.29) is 23.4 Å². The van der Waals surface area contributed by atoms with E-state index in [9.17, 15) is 18.0 Å². The van der Waals surface area contributed by atoms with E-state index < -0.39 is 45.9 Å². The molecule has 11 heteroatoms. The number of halogens is 4. The molecule has 0 aliphatic carbocycles. The summed E-state index contributed by atoms with van der Waals surface area (Å²) in [6.45, 7) is 1.35. The summed E-state index contributed by atoms with van der Waals surface area (Å²) in [7, 11) is 1.19. The number of carbonyl (C=O) groups excluding carboxylic acids is 1. The van der Waals surface area contributed by atoms with Crippen molar-refractivity contribution in [1.82, 2.24) is 15.3 Å². The summed E-state index contributed by atoms with van der Waals surface area (Å²) < 4.78 is 69.1. The van der Waals surface area contributed by atoms with Crippen molar-refractivity contribution >= 4 is 11.6 Å². The van der Waals surface area contributed by atoms with E-state index in [1.54, 1.807) is 0 Å². The van der Waals surface area contributed by atoms with Crippen molar-refractivity contribution in [3.63, 3.8) is 0 Å². The van der Waals surface area contributed by atoms with E-state index >= 15 is 4.39 Å². The first kappa shape index (κ1) is 22.5. The largest absolute Gasteiger partial charge is 0.497 e. The molecule has 0 unspecified atom stereocenters. The molecule has 1 amide bonds. The molecule has 0 radical (unpaired) electrons. The minimum Gasteiger partial charge on any atom is -0.497 e. The molecule has 33 heavy (non-hydrogen) atoms. The minimum atomic E-state index is -1.44. The zero-order valence-electron chi connectivity index (χ0n) is 17.3. The Morgan fingerprint density at radius 3 is 2.55 bits per heavy atom. The van der Waals surface area contributed by atoms with Gasteiger partial charge in [0.15, 0.2) is 0 Å². The second kappa shape index (κ2) is 9.41. The molecule has 0 bridgehead atoms. The fourth-order valence-corrected chi connectivity index (χ4v) is 3.44. The Morgan fingerprint density at radius 1 is 1.12 bits per heavy atom. The Hall–Kier alpha value is -3.73. The number of methoxy groups -OCH3 is 1. The molecular formula is C22H18F4N4O3. The van der Waals surface area contributed by atoms with Gasteiger partial charge in [-0.15, -0.1) is 0 Å². The number of carbonyl (C=O) groups is 1. The molecule has 1 aliphatic rings. The van der Waals surface area contributed by atoms with Crippen LogP contribution in [-0.2, 0) is 0 Å². The lowest BCUT2D eigenvalue weighted by molar-refractivity contribution is 0.102. The summed E-state index contributed by atoms with van der Waals surface area (Å²) in [5.41, 5.74) is -2.56. The highest BCUT2D eigenvalue weighted by Crippen LogP contribution is 2.35. The van der Waals surface area contributed by atoms with Gasteiger partial charge in [-0.05, 0) is 25.1 Å². The highest BCUT2D eigenvalue weighted by molar-refractivity contribution is 6.05. The van der Waals surface area contributed by atoms with Crippen molar-refractivity contribution in [2.24, 2.45) is 0 Å². The van der Waals surface area contributed by atoms with Crippen LogP contribution < -0.4 is 20.1 Å². The smallest absolute Gasteiger partial charge is 0.258 e. The van der Waals surface area contributed by atoms with Crippen LogP contribution >= 0.6 is 0 Å². The molecule has 0 saturated carbocycles. The third kappa shape index (κ3) is 4.58. The van der Waals surface area contributed by atoms with Crippen molar-refractivity contribution in [3.8, 4) is 22.8 Å². The van der Waals surface area contributed by atoms with Crippen molar-refractivity contribution in [2.75, 3.05) is 25.5 Å². The van der Waals surface area contributed by atoms with Crippen LogP contribution in [0, 0.1) is 23.3 Å². The Labute approximate surface area is 185 Å². The van der Waals surface area contributed by atoms with Crippen LogP contribution in [0.25, 0.3) is 11.1 Å². The Bertz CT molecular complexity index is 1180. The third-order valence-corrected chi connectivity index (χ3v) is 5.05. The quantitative estimate of drug-likeness (QED) is 0.544. The van der Waals surface area contributed by atoms with Crippen LogP contribution in [0.5, 0.6) is 11.6 Å². The third-order valence-electron chi connectivity index (χ3n) is 5.05. The number of hydrogen-bond donors (Lipinski definition) is 2. The van der Waals surface area contributed by atoms with Gasteiger partial charge >= 0.3 is 0 Å². The molecular weight excluding hydrogens is 444 g/mol. The molecule has 4 rings (SSSR count). The zero-order chi connectivity index (χ0) is 23.5. The average Bonchev–Trinajstić information content (AvgIpc) is 3.29. The monoisotopic (exact) mass is 462 g/mol. The van der Waals surface area contributed by atoms with Gasteiger partial charge in [0, 0.05) is 18.7 Å². The van der Waals surface area contributed by atoms with Gasteiger partial charge in [0.05, 0.1) is 30.0 Å². The van der Waals surface area contributed by atoms with Gasteiger partial charge in [0.25, 0.3) is 5.91 Å². The summed E-state index contributed by atoms with van der Waals surface area (Å²) in [6, 6.07) is 3.19. The SMILES string of the molecule is COc1cc(F)c(-c2c(F)ccc(C(=O)Nc3cncnc3O[C@@H]3CCNC3)c2F)c(F)c1. The highest BCUT2D eigenvalue weighted by Gasteiger charge is 2.26. The number of amides is 1. The number of ether oxygens (including phenoxy) is 2. The van der Waals surface area contributed by atoms with Crippen molar-refractivity contribution in [3.05, 3.63) is 65.6 Å². The van der Waals surface area contributed by atoms with Crippen molar-refractivity contribution in [1.29, 1.82) is 0 Å². The minimum absolute atomic E-state index is 0.0569. The number of hydrogen-bond acceptors (Lipinski definition) is 6. The summed E-state index contributed by atoms with van der Waals surface area (Å²) in [5, 5.41) is 5.53. The number of nitrogens with one attached hydrogen (secondary N) is 2. The van der Waals surface area contributed by atoms with Gasteiger partial charge in [0.2, 0.25) is 5.88 Å². The standard InChI is InChI=1S/C22H18F4N4O3/c1-32-12-6-15(24)18(16(25)7-12)19-14(23)3-2-13(20(19)26)21(31)30-17-9-28-10-29-22(17)33-11-4-5-27-8-11/h2-3,6-7,9-11,27H,4-5,8H2,1H3,(H,30,31)/t11-/m1/s1. The lowest BCUT2D eigenvalue weighted by Crippen LogP contribution is -2.22. The van der Waals surface area contributed by atoms with E-state index in [1.165, 1.54) is 19.6 Å². The molecule has 0 spiro atoms. The number of nitrogens with zero attached hydrogens (tertiary/aromatic N) is 2. The van der Waals surface area contributed by atoms with Gasteiger partial charge in [-0.1, -0.05) is 0 Å². The van der Waals surface area contributed by atoms with E-state index in [2.05, 4.69) is 20.6 Å². The molecule has 1 atom stereocenters. The maximum Gasteiger partial charge on any atom is 0.258 e. The average molecular weight is 462 g/mol. The summed E-state index contributed by atoms with van der Waals surface area (Å²) in [6.07, 6.45) is 3.03. The molecule has 172 valence electrons. The summed E-state index contributed by atoms with van der Waals surface area (Å²) in [5.74, 6) is -6.28. The molecule has 3 aromatic rings. The van der Waals surface area contributed by atoms with Crippen molar-refractivity contribution < 1.29 is 31.8 Å². The van der Waals surface area contributed by atoms with Crippen LogP contribution in [0.4, 0.5) is 23.2 Å². The van der Waals surface area contributed by atoms with Crippen LogP contribution in [0.2, 0.25) is 0 Å². The molecule has 2 aromatic carbocycles. The fourth-order valence-electron chi connectivity index (χ4n) is 3.44. The Balaban J connectivity index is 1.67. The highest BCUT2D eigenvalue weighted by atomic mass is 19.1. The summed E-state index contributed by atoms with van der Waals surface area (Å²) in [4.78, 5) is 20.6. The van der Waals surface area contributed by atoms with E-state index in [4.69, 9.17) is 9.47 Å². The number of aromatic nitrogens is 2. The number of rotatable bonds is 6. The Kier molecular flexibility index (Phi) is 6.40. The predicted molar refractivity (Wildman–Crippen MR) is 110 cm³/mol. The molecule has 1 aliphatic heterocycles. The lowest BCUT2D eigenvalue weighted by atomic mass is 9.99. The normalized spacial score (nSPS) is 15.4. The molecule has 1 saturated heterocycles. The fraction of sp³-hybridized carbons (Fsp3) is 0.227. The van der Waals surface area contributed by atoms with Crippen LogP contribution in [-0.4, -0.2) is 42.2 Å². The van der Waals surface area contributed by atoms with Crippen LogP contribution in [0.15, 0.2) is 36.8 Å². The second-order valence-electron chi connectivity index (χ2n) is 7.18. The lowest BCUT2D eigenvalue weighted by Gasteiger charge is -2.16. The first-order chi connectivity index (χ1) is 15.9. The molecule has 2 heterocycles. The maximum absolute atomic E-state index is 15.2. The van der Waals surface area contributed by atoms with Gasteiger partial charge in [-0.3, -0.25) is 4.79 Å². The van der Waals surface area contributed by atoms with Crippen LogP contribution in [0.3, 0.4) is 0 Å². The van der Waals surface area contributed by atoms with Crippen LogP contribution in [0.1, 0.15) is 16.8 Å². The molecule has 1 aromatic heterocycles. The van der Waals surface area contributed by atoms with Gasteiger partial charge in [-0.25, -0.2) is 22.5 Å². The molecule has 2 N–H and O–H groups in total. The van der Waals surface area contributed by atoms with E-state index in [1.807, 2.05) is 0 Å². The van der Waals surface area contributed by atoms with Crippen molar-refractivity contribution in [2.45, 2.75) is 12.5 Å². The topological polar surface area (TPSA) is 85.4 Å².